The first-order valence-electron chi connectivity index (χ1n) is 8.67. The number of ether oxygens (including phenoxy) is 5. The molecule has 0 aromatic heterocycles. The van der Waals surface area contributed by atoms with Crippen LogP contribution in [0.3, 0.4) is 0 Å². The number of aliphatic hydroxyl groups is 4. The maximum absolute atomic E-state index is 9.94. The van der Waals surface area contributed by atoms with E-state index >= 15 is 0 Å². The fourth-order valence-electron chi connectivity index (χ4n) is 2.96. The first-order valence-corrected chi connectivity index (χ1v) is 8.67. The van der Waals surface area contributed by atoms with Crippen molar-refractivity contribution in [3.63, 3.8) is 0 Å². The third kappa shape index (κ3) is 5.01. The van der Waals surface area contributed by atoms with Gasteiger partial charge in [-0.3, -0.25) is 0 Å². The molecule has 154 valence electrons. The summed E-state index contributed by atoms with van der Waals surface area (Å²) in [4.78, 5) is 0. The van der Waals surface area contributed by atoms with Crippen molar-refractivity contribution in [3.05, 3.63) is 17.7 Å². The Hall–Kier alpha value is -1.62. The van der Waals surface area contributed by atoms with Gasteiger partial charge in [0.1, 0.15) is 24.4 Å². The Labute approximate surface area is 158 Å². The van der Waals surface area contributed by atoms with Crippen LogP contribution in [0.25, 0.3) is 0 Å². The van der Waals surface area contributed by atoms with Gasteiger partial charge in [0.2, 0.25) is 5.75 Å². The molecule has 27 heavy (non-hydrogen) atoms. The molecule has 1 aliphatic rings. The van der Waals surface area contributed by atoms with Crippen molar-refractivity contribution >= 4 is 0 Å². The predicted octanol–water partition coefficient (Wildman–Crippen LogP) is -0.538. The molecule has 1 saturated heterocycles. The summed E-state index contributed by atoms with van der Waals surface area (Å²) in [6.45, 7) is -0.254. The first-order chi connectivity index (χ1) is 13.0. The molecule has 4 N–H and O–H groups in total. The highest BCUT2D eigenvalue weighted by atomic mass is 16.7. The normalized spacial score (nSPS) is 28.0. The molecule has 1 fully saturated rings. The fraction of sp³-hybridized carbons (Fsp3) is 0.667. The molecule has 2 rings (SSSR count). The Morgan fingerprint density at radius 2 is 1.56 bits per heavy atom. The van der Waals surface area contributed by atoms with Gasteiger partial charge in [0.25, 0.3) is 0 Å². The second kappa shape index (κ2) is 10.1. The van der Waals surface area contributed by atoms with E-state index in [1.54, 1.807) is 14.2 Å². The van der Waals surface area contributed by atoms with Crippen LogP contribution in [0.2, 0.25) is 0 Å². The molecule has 0 aliphatic carbocycles. The van der Waals surface area contributed by atoms with Gasteiger partial charge in [-0.2, -0.15) is 0 Å². The summed E-state index contributed by atoms with van der Waals surface area (Å²) >= 11 is 0. The minimum absolute atomic E-state index is 0.235. The Kier molecular flexibility index (Phi) is 8.08. The fourth-order valence-corrected chi connectivity index (χ4v) is 2.96. The van der Waals surface area contributed by atoms with Crippen molar-refractivity contribution in [2.45, 2.75) is 43.5 Å². The Bertz CT molecular complexity index is 567. The van der Waals surface area contributed by atoms with Crippen LogP contribution in [0.1, 0.15) is 12.0 Å². The molecule has 0 saturated carbocycles. The maximum atomic E-state index is 9.94. The molecular weight excluding hydrogens is 360 g/mol. The number of aryl methyl sites for hydroxylation is 1. The molecule has 9 heteroatoms. The molecule has 0 amide bonds. The molecule has 0 radical (unpaired) electrons. The lowest BCUT2D eigenvalue weighted by molar-refractivity contribution is -0.301. The Balaban J connectivity index is 1.91. The lowest BCUT2D eigenvalue weighted by Crippen LogP contribution is -2.59. The SMILES string of the molecule is COc1cc(CCCOC2OC(CO)C(O)C(O)C2O)cc(OC)c1OC. The minimum Gasteiger partial charge on any atom is -0.493 e. The van der Waals surface area contributed by atoms with Gasteiger partial charge >= 0.3 is 0 Å². The lowest BCUT2D eigenvalue weighted by Gasteiger charge is -2.39. The number of rotatable bonds is 9. The molecule has 9 nitrogen and oxygen atoms in total. The van der Waals surface area contributed by atoms with E-state index in [0.717, 1.165) is 5.56 Å². The van der Waals surface area contributed by atoms with E-state index in [4.69, 9.17) is 23.7 Å². The number of aliphatic hydroxyl groups excluding tert-OH is 4. The van der Waals surface area contributed by atoms with Gasteiger partial charge in [-0.15, -0.1) is 0 Å². The van der Waals surface area contributed by atoms with Crippen LogP contribution < -0.4 is 14.2 Å². The zero-order chi connectivity index (χ0) is 20.0. The number of hydrogen-bond acceptors (Lipinski definition) is 9. The van der Waals surface area contributed by atoms with E-state index in [2.05, 4.69) is 0 Å². The Morgan fingerprint density at radius 3 is 2.07 bits per heavy atom. The van der Waals surface area contributed by atoms with Crippen molar-refractivity contribution in [3.8, 4) is 17.2 Å². The number of hydrogen-bond donors (Lipinski definition) is 4. The average Bonchev–Trinajstić information content (AvgIpc) is 2.69. The van der Waals surface area contributed by atoms with Crippen LogP contribution in [0.5, 0.6) is 17.2 Å². The third-order valence-corrected chi connectivity index (χ3v) is 4.46. The van der Waals surface area contributed by atoms with Crippen molar-refractivity contribution in [2.75, 3.05) is 34.5 Å². The molecule has 0 bridgehead atoms. The second-order valence-electron chi connectivity index (χ2n) is 6.21. The molecule has 1 aliphatic heterocycles. The first kappa shape index (κ1) is 21.7. The quantitative estimate of drug-likeness (QED) is 0.413. The van der Waals surface area contributed by atoms with Crippen LogP contribution in [-0.4, -0.2) is 85.7 Å². The molecule has 5 unspecified atom stereocenters. The highest BCUT2D eigenvalue weighted by Gasteiger charge is 2.43. The molecule has 0 spiro atoms. The van der Waals surface area contributed by atoms with Gasteiger partial charge in [0.15, 0.2) is 17.8 Å². The molecule has 1 aromatic carbocycles. The lowest BCUT2D eigenvalue weighted by atomic mass is 9.99. The van der Waals surface area contributed by atoms with Gasteiger partial charge in [-0.1, -0.05) is 0 Å². The topological polar surface area (TPSA) is 127 Å². The molecule has 1 aromatic rings. The number of benzene rings is 1. The zero-order valence-electron chi connectivity index (χ0n) is 15.7. The molecule has 5 atom stereocenters. The van der Waals surface area contributed by atoms with E-state index in [9.17, 15) is 20.4 Å². The third-order valence-electron chi connectivity index (χ3n) is 4.46. The predicted molar refractivity (Wildman–Crippen MR) is 94.1 cm³/mol. The van der Waals surface area contributed by atoms with Gasteiger partial charge < -0.3 is 44.1 Å². The minimum atomic E-state index is -1.45. The molecule has 1 heterocycles. The Morgan fingerprint density at radius 1 is 0.926 bits per heavy atom. The van der Waals surface area contributed by atoms with Crippen LogP contribution in [0.4, 0.5) is 0 Å². The van der Waals surface area contributed by atoms with Crippen molar-refractivity contribution < 1.29 is 44.1 Å². The van der Waals surface area contributed by atoms with E-state index in [-0.39, 0.29) is 6.61 Å². The average molecular weight is 388 g/mol. The van der Waals surface area contributed by atoms with E-state index in [0.29, 0.717) is 30.1 Å². The van der Waals surface area contributed by atoms with E-state index in [1.165, 1.54) is 7.11 Å². The standard InChI is InChI=1S/C18H28O9/c1-23-11-7-10(8-12(24-2)17(11)25-3)5-4-6-26-18-16(22)15(21)14(20)13(9-19)27-18/h7-8,13-16,18-22H,4-6,9H2,1-3H3. The molecular formula is C18H28O9. The monoisotopic (exact) mass is 388 g/mol. The largest absolute Gasteiger partial charge is 0.493 e. The summed E-state index contributed by atoms with van der Waals surface area (Å²) in [5.74, 6) is 1.63. The van der Waals surface area contributed by atoms with Gasteiger partial charge in [0.05, 0.1) is 34.5 Å². The van der Waals surface area contributed by atoms with Gasteiger partial charge in [-0.25, -0.2) is 0 Å². The maximum Gasteiger partial charge on any atom is 0.203 e. The van der Waals surface area contributed by atoms with Crippen LogP contribution in [0.15, 0.2) is 12.1 Å². The van der Waals surface area contributed by atoms with Crippen LogP contribution >= 0.6 is 0 Å². The number of methoxy groups -OCH3 is 3. The highest BCUT2D eigenvalue weighted by Crippen LogP contribution is 2.38. The van der Waals surface area contributed by atoms with Crippen molar-refractivity contribution in [1.82, 2.24) is 0 Å². The van der Waals surface area contributed by atoms with Crippen molar-refractivity contribution in [1.29, 1.82) is 0 Å². The van der Waals surface area contributed by atoms with Crippen molar-refractivity contribution in [2.24, 2.45) is 0 Å². The summed E-state index contributed by atoms with van der Waals surface area (Å²) in [6.07, 6.45) is -5.13. The summed E-state index contributed by atoms with van der Waals surface area (Å²) in [7, 11) is 4.63. The van der Waals surface area contributed by atoms with Gasteiger partial charge in [-0.05, 0) is 30.5 Å². The van der Waals surface area contributed by atoms with E-state index in [1.807, 2.05) is 12.1 Å². The zero-order valence-corrected chi connectivity index (χ0v) is 15.7. The van der Waals surface area contributed by atoms with Crippen LogP contribution in [0, 0.1) is 0 Å². The van der Waals surface area contributed by atoms with E-state index < -0.39 is 37.3 Å². The summed E-state index contributed by atoms with van der Waals surface area (Å²) in [5.41, 5.74) is 0.946. The van der Waals surface area contributed by atoms with Crippen LogP contribution in [-0.2, 0) is 15.9 Å². The summed E-state index contributed by atoms with van der Waals surface area (Å²) in [6, 6.07) is 3.68. The summed E-state index contributed by atoms with van der Waals surface area (Å²) < 4.78 is 26.7. The van der Waals surface area contributed by atoms with Gasteiger partial charge in [0, 0.05) is 0 Å². The summed E-state index contributed by atoms with van der Waals surface area (Å²) in [5, 5.41) is 38.6. The highest BCUT2D eigenvalue weighted by molar-refractivity contribution is 5.53. The smallest absolute Gasteiger partial charge is 0.203 e. The second-order valence-corrected chi connectivity index (χ2v) is 6.21.